The highest BCUT2D eigenvalue weighted by atomic mass is 16.5. The van der Waals surface area contributed by atoms with Crippen molar-refractivity contribution in [2.45, 2.75) is 65.1 Å². The van der Waals surface area contributed by atoms with Crippen molar-refractivity contribution in [3.63, 3.8) is 0 Å². The average Bonchev–Trinajstić information content (AvgIpc) is 2.54. The Morgan fingerprint density at radius 2 is 1.96 bits per heavy atom. The molecule has 1 amide bonds. The summed E-state index contributed by atoms with van der Waals surface area (Å²) in [5.41, 5.74) is 1.06. The average molecular weight is 318 g/mol. The number of carbonyl (C=O) groups is 1. The van der Waals surface area contributed by atoms with E-state index >= 15 is 0 Å². The van der Waals surface area contributed by atoms with Gasteiger partial charge in [-0.25, -0.2) is 0 Å². The molecule has 1 aliphatic heterocycles. The number of piperidine rings is 1. The van der Waals surface area contributed by atoms with E-state index in [0.29, 0.717) is 12.5 Å². The standard InChI is InChI=1S/C19H30N2O2/c1-5-17(23-18-9-7-6-8-15(18)4)19(22)20-16-10-12-21(13-11-16)14(2)3/h6-9,14,16-17H,5,10-13H2,1-4H3,(H,20,22)/t17-/m0/s1. The highest BCUT2D eigenvalue weighted by molar-refractivity contribution is 5.81. The van der Waals surface area contributed by atoms with Crippen LogP contribution in [0.1, 0.15) is 45.6 Å². The molecule has 0 saturated carbocycles. The molecule has 23 heavy (non-hydrogen) atoms. The fraction of sp³-hybridized carbons (Fsp3) is 0.632. The molecular weight excluding hydrogens is 288 g/mol. The van der Waals surface area contributed by atoms with Crippen molar-refractivity contribution in [3.8, 4) is 5.75 Å². The molecule has 0 spiro atoms. The lowest BCUT2D eigenvalue weighted by molar-refractivity contribution is -0.129. The molecule has 1 aliphatic rings. The highest BCUT2D eigenvalue weighted by Gasteiger charge is 2.25. The Labute approximate surface area is 140 Å². The SMILES string of the molecule is CC[C@H](Oc1ccccc1C)C(=O)NC1CCN(C(C)C)CC1. The molecule has 1 N–H and O–H groups in total. The lowest BCUT2D eigenvalue weighted by atomic mass is 10.0. The van der Waals surface area contributed by atoms with Gasteiger partial charge in [-0.2, -0.15) is 0 Å². The zero-order valence-corrected chi connectivity index (χ0v) is 14.8. The van der Waals surface area contributed by atoms with Crippen molar-refractivity contribution in [1.29, 1.82) is 0 Å². The third-order valence-corrected chi connectivity index (χ3v) is 4.63. The van der Waals surface area contributed by atoms with Crippen molar-refractivity contribution in [2.75, 3.05) is 13.1 Å². The minimum Gasteiger partial charge on any atom is -0.480 e. The molecule has 1 fully saturated rings. The first-order valence-corrected chi connectivity index (χ1v) is 8.78. The summed E-state index contributed by atoms with van der Waals surface area (Å²) in [6.45, 7) is 10.5. The summed E-state index contributed by atoms with van der Waals surface area (Å²) in [6, 6.07) is 8.69. The maximum atomic E-state index is 12.5. The van der Waals surface area contributed by atoms with Crippen LogP contribution in [-0.2, 0) is 4.79 Å². The monoisotopic (exact) mass is 318 g/mol. The number of aryl methyl sites for hydroxylation is 1. The molecule has 4 heteroatoms. The van der Waals surface area contributed by atoms with Crippen LogP contribution in [0.25, 0.3) is 0 Å². The Morgan fingerprint density at radius 1 is 1.30 bits per heavy atom. The van der Waals surface area contributed by atoms with Crippen LogP contribution in [0.4, 0.5) is 0 Å². The molecule has 1 saturated heterocycles. The van der Waals surface area contributed by atoms with Crippen LogP contribution in [0.2, 0.25) is 0 Å². The van der Waals surface area contributed by atoms with E-state index in [1.807, 2.05) is 38.1 Å². The number of likely N-dealkylation sites (tertiary alicyclic amines) is 1. The van der Waals surface area contributed by atoms with Gasteiger partial charge in [0.25, 0.3) is 5.91 Å². The maximum absolute atomic E-state index is 12.5. The molecule has 4 nitrogen and oxygen atoms in total. The molecule has 128 valence electrons. The predicted molar refractivity (Wildman–Crippen MR) is 93.8 cm³/mol. The van der Waals surface area contributed by atoms with Gasteiger partial charge >= 0.3 is 0 Å². The number of hydrogen-bond acceptors (Lipinski definition) is 3. The molecule has 1 atom stereocenters. The number of ether oxygens (including phenoxy) is 1. The molecule has 1 heterocycles. The van der Waals surface area contributed by atoms with E-state index in [2.05, 4.69) is 24.1 Å². The predicted octanol–water partition coefficient (Wildman–Crippen LogP) is 3.14. The summed E-state index contributed by atoms with van der Waals surface area (Å²) in [4.78, 5) is 15.0. The van der Waals surface area contributed by atoms with Crippen LogP contribution in [0.3, 0.4) is 0 Å². The number of carbonyl (C=O) groups excluding carboxylic acids is 1. The summed E-state index contributed by atoms with van der Waals surface area (Å²) in [5, 5.41) is 3.18. The normalized spacial score (nSPS) is 18.0. The molecule has 0 bridgehead atoms. The highest BCUT2D eigenvalue weighted by Crippen LogP contribution is 2.19. The van der Waals surface area contributed by atoms with Crippen molar-refractivity contribution in [2.24, 2.45) is 0 Å². The van der Waals surface area contributed by atoms with Crippen LogP contribution in [0.5, 0.6) is 5.75 Å². The van der Waals surface area contributed by atoms with Gasteiger partial charge < -0.3 is 15.0 Å². The van der Waals surface area contributed by atoms with E-state index in [0.717, 1.165) is 37.2 Å². The van der Waals surface area contributed by atoms with Gasteiger partial charge in [0.15, 0.2) is 6.10 Å². The summed E-state index contributed by atoms with van der Waals surface area (Å²) < 4.78 is 5.93. The largest absolute Gasteiger partial charge is 0.480 e. The van der Waals surface area contributed by atoms with Gasteiger partial charge in [0.05, 0.1) is 0 Å². The minimum absolute atomic E-state index is 0.0127. The second-order valence-corrected chi connectivity index (χ2v) is 6.69. The number of benzene rings is 1. The van der Waals surface area contributed by atoms with Gasteiger partial charge in [0.2, 0.25) is 0 Å². The molecule has 0 aromatic heterocycles. The van der Waals surface area contributed by atoms with E-state index in [4.69, 9.17) is 4.74 Å². The van der Waals surface area contributed by atoms with Gasteiger partial charge in [-0.15, -0.1) is 0 Å². The van der Waals surface area contributed by atoms with Crippen molar-refractivity contribution in [3.05, 3.63) is 29.8 Å². The van der Waals surface area contributed by atoms with Gasteiger partial charge in [0, 0.05) is 25.2 Å². The van der Waals surface area contributed by atoms with Crippen molar-refractivity contribution < 1.29 is 9.53 Å². The molecule has 0 radical (unpaired) electrons. The molecule has 0 aliphatic carbocycles. The Bertz CT molecular complexity index is 508. The minimum atomic E-state index is -0.417. The van der Waals surface area contributed by atoms with E-state index in [-0.39, 0.29) is 11.9 Å². The second-order valence-electron chi connectivity index (χ2n) is 6.69. The van der Waals surface area contributed by atoms with Crippen LogP contribution >= 0.6 is 0 Å². The number of amides is 1. The Hall–Kier alpha value is -1.55. The van der Waals surface area contributed by atoms with Crippen LogP contribution < -0.4 is 10.1 Å². The lowest BCUT2D eigenvalue weighted by Crippen LogP contribution is -2.49. The quantitative estimate of drug-likeness (QED) is 0.876. The molecule has 1 aromatic rings. The zero-order valence-electron chi connectivity index (χ0n) is 14.8. The van der Waals surface area contributed by atoms with Crippen LogP contribution in [0.15, 0.2) is 24.3 Å². The fourth-order valence-electron chi connectivity index (χ4n) is 3.02. The summed E-state index contributed by atoms with van der Waals surface area (Å²) >= 11 is 0. The zero-order chi connectivity index (χ0) is 16.8. The number of rotatable bonds is 6. The van der Waals surface area contributed by atoms with Crippen molar-refractivity contribution in [1.82, 2.24) is 10.2 Å². The first-order valence-electron chi connectivity index (χ1n) is 8.78. The Kier molecular flexibility index (Phi) is 6.46. The third kappa shape index (κ3) is 4.96. The molecular formula is C19H30N2O2. The lowest BCUT2D eigenvalue weighted by Gasteiger charge is -2.35. The van der Waals surface area contributed by atoms with E-state index in [1.54, 1.807) is 0 Å². The number of nitrogens with zero attached hydrogens (tertiary/aromatic N) is 1. The Balaban J connectivity index is 1.87. The fourth-order valence-corrected chi connectivity index (χ4v) is 3.02. The summed E-state index contributed by atoms with van der Waals surface area (Å²) in [6.07, 6.45) is 2.29. The third-order valence-electron chi connectivity index (χ3n) is 4.63. The van der Waals surface area contributed by atoms with E-state index < -0.39 is 6.10 Å². The van der Waals surface area contributed by atoms with Crippen LogP contribution in [0, 0.1) is 6.92 Å². The van der Waals surface area contributed by atoms with Gasteiger partial charge in [-0.05, 0) is 51.7 Å². The summed E-state index contributed by atoms with van der Waals surface area (Å²) in [7, 11) is 0. The maximum Gasteiger partial charge on any atom is 0.261 e. The topological polar surface area (TPSA) is 41.6 Å². The van der Waals surface area contributed by atoms with Crippen molar-refractivity contribution >= 4 is 5.91 Å². The van der Waals surface area contributed by atoms with Gasteiger partial charge in [-0.3, -0.25) is 4.79 Å². The summed E-state index contributed by atoms with van der Waals surface area (Å²) in [5.74, 6) is 0.808. The van der Waals surface area contributed by atoms with E-state index in [9.17, 15) is 4.79 Å². The Morgan fingerprint density at radius 3 is 2.52 bits per heavy atom. The molecule has 1 aromatic carbocycles. The number of nitrogens with one attached hydrogen (secondary N) is 1. The van der Waals surface area contributed by atoms with Crippen LogP contribution in [-0.4, -0.2) is 42.1 Å². The van der Waals surface area contributed by atoms with E-state index in [1.165, 1.54) is 0 Å². The van der Waals surface area contributed by atoms with Gasteiger partial charge in [-0.1, -0.05) is 25.1 Å². The number of para-hydroxylation sites is 1. The number of hydrogen-bond donors (Lipinski definition) is 1. The van der Waals surface area contributed by atoms with Gasteiger partial charge in [0.1, 0.15) is 5.75 Å². The molecule has 0 unspecified atom stereocenters. The first kappa shape index (κ1) is 17.8. The smallest absolute Gasteiger partial charge is 0.261 e. The molecule has 2 rings (SSSR count). The first-order chi connectivity index (χ1) is 11.0. The second kappa shape index (κ2) is 8.34.